The first kappa shape index (κ1) is 23.7. The molecule has 1 aliphatic rings. The summed E-state index contributed by atoms with van der Waals surface area (Å²) in [5, 5.41) is 17.0. The summed E-state index contributed by atoms with van der Waals surface area (Å²) in [7, 11) is 0. The molecule has 34 heavy (non-hydrogen) atoms. The van der Waals surface area contributed by atoms with Gasteiger partial charge in [0.2, 0.25) is 5.91 Å². The minimum absolute atomic E-state index is 0.0693. The van der Waals surface area contributed by atoms with Crippen LogP contribution in [0.1, 0.15) is 72.9 Å². The van der Waals surface area contributed by atoms with Crippen LogP contribution in [0.4, 0.5) is 5.69 Å². The summed E-state index contributed by atoms with van der Waals surface area (Å²) < 4.78 is 4.99. The lowest BCUT2D eigenvalue weighted by Crippen LogP contribution is -2.48. The van der Waals surface area contributed by atoms with E-state index in [0.29, 0.717) is 23.4 Å². The van der Waals surface area contributed by atoms with E-state index >= 15 is 0 Å². The lowest BCUT2D eigenvalue weighted by molar-refractivity contribution is -0.119. The van der Waals surface area contributed by atoms with Crippen LogP contribution < -0.4 is 10.6 Å². The number of nitrogens with zero attached hydrogens (tertiary/aromatic N) is 3. The Bertz CT molecular complexity index is 1110. The van der Waals surface area contributed by atoms with Gasteiger partial charge in [0.25, 0.3) is 5.91 Å². The largest absolute Gasteiger partial charge is 0.364 e. The van der Waals surface area contributed by atoms with Crippen LogP contribution in [-0.2, 0) is 11.2 Å². The van der Waals surface area contributed by atoms with Gasteiger partial charge in [-0.3, -0.25) is 19.7 Å². The van der Waals surface area contributed by atoms with E-state index in [2.05, 4.69) is 31.0 Å². The lowest BCUT2D eigenvalue weighted by Gasteiger charge is -2.26. The molecule has 0 aliphatic heterocycles. The van der Waals surface area contributed by atoms with Gasteiger partial charge in [-0.15, -0.1) is 0 Å². The molecule has 0 unspecified atom stereocenters. The van der Waals surface area contributed by atoms with E-state index in [4.69, 9.17) is 4.52 Å². The maximum absolute atomic E-state index is 13.4. The number of carbonyl (C=O) groups is 2. The summed E-state index contributed by atoms with van der Waals surface area (Å²) in [5.74, 6) is -0.498. The fraction of sp³-hybridized carbons (Fsp3) is 0.480. The molecule has 3 aromatic heterocycles. The molecule has 1 fully saturated rings. The van der Waals surface area contributed by atoms with Crippen molar-refractivity contribution in [1.29, 1.82) is 0 Å². The topological polar surface area (TPSA) is 126 Å². The van der Waals surface area contributed by atoms with Gasteiger partial charge in [0.15, 0.2) is 0 Å². The van der Waals surface area contributed by atoms with Crippen molar-refractivity contribution in [2.45, 2.75) is 71.8 Å². The van der Waals surface area contributed by atoms with E-state index in [9.17, 15) is 9.59 Å². The summed E-state index contributed by atoms with van der Waals surface area (Å²) >= 11 is 0. The van der Waals surface area contributed by atoms with E-state index < -0.39 is 6.04 Å². The number of aromatic amines is 1. The molecule has 3 aromatic rings. The molecule has 1 aliphatic carbocycles. The molecule has 2 amide bonds. The molecular weight excluding hydrogens is 432 g/mol. The normalized spacial score (nSPS) is 15.5. The Morgan fingerprint density at radius 1 is 1.18 bits per heavy atom. The zero-order valence-corrected chi connectivity index (χ0v) is 20.0. The number of aryl methyl sites for hydroxylation is 3. The number of anilines is 1. The van der Waals surface area contributed by atoms with Gasteiger partial charge in [0, 0.05) is 11.3 Å². The third-order valence-corrected chi connectivity index (χ3v) is 6.58. The van der Waals surface area contributed by atoms with Crippen LogP contribution in [0.2, 0.25) is 0 Å². The van der Waals surface area contributed by atoms with Crippen molar-refractivity contribution in [3.63, 3.8) is 0 Å². The van der Waals surface area contributed by atoms with Crippen molar-refractivity contribution in [2.24, 2.45) is 5.92 Å². The predicted molar refractivity (Wildman–Crippen MR) is 128 cm³/mol. The zero-order chi connectivity index (χ0) is 24.1. The quantitative estimate of drug-likeness (QED) is 0.446. The van der Waals surface area contributed by atoms with E-state index in [0.717, 1.165) is 61.2 Å². The Labute approximate surface area is 199 Å². The van der Waals surface area contributed by atoms with Gasteiger partial charge in [-0.25, -0.2) is 0 Å². The number of aromatic nitrogens is 4. The molecule has 4 rings (SSSR count). The summed E-state index contributed by atoms with van der Waals surface area (Å²) in [5.41, 5.74) is 5.11. The number of pyridine rings is 1. The predicted octanol–water partition coefficient (Wildman–Crippen LogP) is 4.35. The first-order chi connectivity index (χ1) is 16.5. The second kappa shape index (κ2) is 10.6. The fourth-order valence-electron chi connectivity index (χ4n) is 4.72. The maximum atomic E-state index is 13.4. The van der Waals surface area contributed by atoms with Gasteiger partial charge in [-0.2, -0.15) is 5.10 Å². The van der Waals surface area contributed by atoms with Crippen molar-refractivity contribution >= 4 is 17.5 Å². The number of hydrogen-bond donors (Lipinski definition) is 3. The highest BCUT2D eigenvalue weighted by Gasteiger charge is 2.31. The van der Waals surface area contributed by atoms with Gasteiger partial charge < -0.3 is 15.2 Å². The third-order valence-electron chi connectivity index (χ3n) is 6.58. The van der Waals surface area contributed by atoms with Crippen molar-refractivity contribution in [2.75, 3.05) is 5.32 Å². The molecular formula is C25H32N6O3. The fourth-order valence-corrected chi connectivity index (χ4v) is 4.72. The molecule has 1 atom stereocenters. The third kappa shape index (κ3) is 5.18. The number of rotatable bonds is 7. The van der Waals surface area contributed by atoms with Crippen LogP contribution in [0.15, 0.2) is 29.1 Å². The van der Waals surface area contributed by atoms with E-state index in [-0.39, 0.29) is 17.7 Å². The highest BCUT2D eigenvalue weighted by atomic mass is 16.5. The van der Waals surface area contributed by atoms with Crippen LogP contribution in [0, 0.1) is 19.8 Å². The molecule has 1 saturated carbocycles. The van der Waals surface area contributed by atoms with Gasteiger partial charge in [0.1, 0.15) is 17.9 Å². The van der Waals surface area contributed by atoms with Crippen LogP contribution in [-0.4, -0.2) is 38.2 Å². The van der Waals surface area contributed by atoms with Gasteiger partial charge in [-0.05, 0) is 51.2 Å². The molecule has 0 spiro atoms. The van der Waals surface area contributed by atoms with E-state index in [1.807, 2.05) is 32.9 Å². The molecule has 0 aromatic carbocycles. The highest BCUT2D eigenvalue weighted by molar-refractivity contribution is 6.01. The van der Waals surface area contributed by atoms with Gasteiger partial charge in [0.05, 0.1) is 29.0 Å². The SMILES string of the molecule is CCc1nocc1C(=O)N[C@H](C(=O)Nc1ccc(-c2c(C)n[nH]c2C)nc1)C1CCCCCC1. The zero-order valence-electron chi connectivity index (χ0n) is 20.0. The van der Waals surface area contributed by atoms with Crippen molar-refractivity contribution in [3.8, 4) is 11.3 Å². The smallest absolute Gasteiger partial charge is 0.257 e. The standard InChI is InChI=1S/C25H32N6O3/c1-4-20-19(14-34-31-20)24(32)28-23(17-9-7-5-6-8-10-17)25(33)27-18-11-12-21(26-13-18)22-15(2)29-30-16(22)3/h11-14,17,23H,4-10H2,1-3H3,(H,27,33)(H,28,32)(H,29,30)/t23-/m0/s1. The first-order valence-corrected chi connectivity index (χ1v) is 12.0. The molecule has 3 heterocycles. The molecule has 0 bridgehead atoms. The molecule has 0 radical (unpaired) electrons. The average Bonchev–Trinajstić information content (AvgIpc) is 3.34. The van der Waals surface area contributed by atoms with E-state index in [1.165, 1.54) is 6.26 Å². The second-order valence-corrected chi connectivity index (χ2v) is 8.96. The molecule has 9 heteroatoms. The van der Waals surface area contributed by atoms with Crippen LogP contribution in [0.5, 0.6) is 0 Å². The summed E-state index contributed by atoms with van der Waals surface area (Å²) in [6, 6.07) is 3.04. The Morgan fingerprint density at radius 2 is 1.94 bits per heavy atom. The highest BCUT2D eigenvalue weighted by Crippen LogP contribution is 2.28. The number of carbonyl (C=O) groups excluding carboxylic acids is 2. The maximum Gasteiger partial charge on any atom is 0.257 e. The van der Waals surface area contributed by atoms with E-state index in [1.54, 1.807) is 6.20 Å². The van der Waals surface area contributed by atoms with Crippen molar-refractivity contribution in [1.82, 2.24) is 25.7 Å². The number of nitrogens with one attached hydrogen (secondary N) is 3. The minimum Gasteiger partial charge on any atom is -0.364 e. The minimum atomic E-state index is -0.650. The van der Waals surface area contributed by atoms with Crippen LogP contribution in [0.25, 0.3) is 11.3 Å². The Balaban J connectivity index is 1.52. The molecule has 180 valence electrons. The van der Waals surface area contributed by atoms with Crippen molar-refractivity contribution < 1.29 is 14.1 Å². The molecule has 0 saturated heterocycles. The van der Waals surface area contributed by atoms with Gasteiger partial charge in [-0.1, -0.05) is 37.8 Å². The number of hydrogen-bond acceptors (Lipinski definition) is 6. The number of H-pyrrole nitrogens is 1. The van der Waals surface area contributed by atoms with Crippen molar-refractivity contribution in [3.05, 3.63) is 47.2 Å². The monoisotopic (exact) mass is 464 g/mol. The Morgan fingerprint density at radius 3 is 2.56 bits per heavy atom. The summed E-state index contributed by atoms with van der Waals surface area (Å²) in [6.45, 7) is 5.79. The summed E-state index contributed by atoms with van der Waals surface area (Å²) in [6.07, 6.45) is 9.78. The van der Waals surface area contributed by atoms with Gasteiger partial charge >= 0.3 is 0 Å². The summed E-state index contributed by atoms with van der Waals surface area (Å²) in [4.78, 5) is 30.9. The Hall–Kier alpha value is -3.49. The first-order valence-electron chi connectivity index (χ1n) is 12.0. The Kier molecular flexibility index (Phi) is 7.40. The average molecular weight is 465 g/mol. The molecule has 3 N–H and O–H groups in total. The molecule has 9 nitrogen and oxygen atoms in total. The number of amides is 2. The second-order valence-electron chi connectivity index (χ2n) is 8.96. The van der Waals surface area contributed by atoms with Crippen LogP contribution in [0.3, 0.4) is 0 Å². The van der Waals surface area contributed by atoms with Crippen LogP contribution >= 0.6 is 0 Å². The lowest BCUT2D eigenvalue weighted by atomic mass is 9.90.